The van der Waals surface area contributed by atoms with Crippen LogP contribution < -0.4 is 5.32 Å². The van der Waals surface area contributed by atoms with Crippen LogP contribution in [-0.2, 0) is 0 Å². The zero-order valence-corrected chi connectivity index (χ0v) is 12.4. The van der Waals surface area contributed by atoms with Crippen molar-refractivity contribution in [3.05, 3.63) is 56.5 Å². The molecule has 0 unspecified atom stereocenters. The van der Waals surface area contributed by atoms with Crippen LogP contribution in [0.5, 0.6) is 0 Å². The van der Waals surface area contributed by atoms with Gasteiger partial charge in [0.2, 0.25) is 0 Å². The topological polar surface area (TPSA) is 42.0 Å². The van der Waals surface area contributed by atoms with Crippen LogP contribution in [0.25, 0.3) is 0 Å². The molecule has 98 valence electrons. The monoisotopic (exact) mass is 362 g/mol. The van der Waals surface area contributed by atoms with Gasteiger partial charge in [0.15, 0.2) is 0 Å². The van der Waals surface area contributed by atoms with Gasteiger partial charge in [0, 0.05) is 10.7 Å². The predicted molar refractivity (Wildman–Crippen MR) is 76.3 cm³/mol. The first kappa shape index (κ1) is 14.2. The highest BCUT2D eigenvalue weighted by Gasteiger charge is 2.14. The van der Waals surface area contributed by atoms with Crippen LogP contribution in [0.2, 0.25) is 10.2 Å². The van der Waals surface area contributed by atoms with Gasteiger partial charge in [0.05, 0.1) is 16.3 Å². The van der Waals surface area contributed by atoms with Crippen molar-refractivity contribution in [1.82, 2.24) is 4.98 Å². The number of carbonyl (C=O) groups is 1. The van der Waals surface area contributed by atoms with E-state index in [0.717, 1.165) is 0 Å². The van der Waals surface area contributed by atoms with E-state index in [2.05, 4.69) is 26.2 Å². The molecule has 2 aromatic rings. The van der Waals surface area contributed by atoms with Gasteiger partial charge >= 0.3 is 0 Å². The van der Waals surface area contributed by atoms with Crippen molar-refractivity contribution in [2.45, 2.75) is 0 Å². The van der Waals surface area contributed by atoms with E-state index in [4.69, 9.17) is 23.2 Å². The second kappa shape index (κ2) is 5.86. The van der Waals surface area contributed by atoms with Gasteiger partial charge in [-0.1, -0.05) is 39.1 Å². The van der Waals surface area contributed by atoms with E-state index in [-0.39, 0.29) is 21.4 Å². The Kier molecular flexibility index (Phi) is 4.39. The van der Waals surface area contributed by atoms with E-state index in [1.807, 2.05) is 0 Å². The standard InChI is InChI=1S/C12H6BrCl2FN2O/c13-6-1-2-10(9(16)3-6)18-12(19)7-4-11(15)17-5-8(7)14/h1-5H,(H,18,19). The minimum absolute atomic E-state index is 0.0530. The molecule has 0 fully saturated rings. The summed E-state index contributed by atoms with van der Waals surface area (Å²) in [6, 6.07) is 5.61. The predicted octanol–water partition coefficient (Wildman–Crippen LogP) is 4.54. The highest BCUT2D eigenvalue weighted by Crippen LogP contribution is 2.22. The van der Waals surface area contributed by atoms with Gasteiger partial charge in [-0.05, 0) is 24.3 Å². The van der Waals surface area contributed by atoms with Crippen molar-refractivity contribution in [1.29, 1.82) is 0 Å². The van der Waals surface area contributed by atoms with Crippen molar-refractivity contribution >= 4 is 50.7 Å². The average molecular weight is 364 g/mol. The molecule has 0 bridgehead atoms. The second-order valence-corrected chi connectivity index (χ2v) is 5.28. The number of carbonyl (C=O) groups excluding carboxylic acids is 1. The van der Waals surface area contributed by atoms with Gasteiger partial charge in [0.1, 0.15) is 11.0 Å². The van der Waals surface area contributed by atoms with Gasteiger partial charge in [-0.3, -0.25) is 4.79 Å². The number of aromatic nitrogens is 1. The van der Waals surface area contributed by atoms with Crippen LogP contribution in [0.15, 0.2) is 34.9 Å². The number of nitrogens with one attached hydrogen (secondary N) is 1. The fourth-order valence-electron chi connectivity index (χ4n) is 1.37. The highest BCUT2D eigenvalue weighted by atomic mass is 79.9. The van der Waals surface area contributed by atoms with Gasteiger partial charge in [-0.2, -0.15) is 0 Å². The summed E-state index contributed by atoms with van der Waals surface area (Å²) in [6.45, 7) is 0. The number of anilines is 1. The van der Waals surface area contributed by atoms with Crippen LogP contribution in [0.3, 0.4) is 0 Å². The fourth-order valence-corrected chi connectivity index (χ4v) is 2.05. The van der Waals surface area contributed by atoms with Crippen LogP contribution in [0, 0.1) is 5.82 Å². The van der Waals surface area contributed by atoms with E-state index in [1.54, 1.807) is 6.07 Å². The van der Waals surface area contributed by atoms with E-state index in [9.17, 15) is 9.18 Å². The molecule has 3 nitrogen and oxygen atoms in total. The Bertz CT molecular complexity index is 652. The molecular weight excluding hydrogens is 358 g/mol. The number of pyridine rings is 1. The van der Waals surface area contributed by atoms with E-state index in [0.29, 0.717) is 4.47 Å². The number of hydrogen-bond donors (Lipinski definition) is 1. The van der Waals surface area contributed by atoms with Gasteiger partial charge < -0.3 is 5.32 Å². The fraction of sp³-hybridized carbons (Fsp3) is 0. The minimum Gasteiger partial charge on any atom is -0.319 e. The van der Waals surface area contributed by atoms with Crippen molar-refractivity contribution in [2.75, 3.05) is 5.32 Å². The zero-order chi connectivity index (χ0) is 14.0. The Morgan fingerprint density at radius 1 is 1.32 bits per heavy atom. The Balaban J connectivity index is 2.28. The zero-order valence-electron chi connectivity index (χ0n) is 9.25. The number of hydrogen-bond acceptors (Lipinski definition) is 2. The van der Waals surface area contributed by atoms with Crippen LogP contribution in [0.1, 0.15) is 10.4 Å². The van der Waals surface area contributed by atoms with Gasteiger partial charge in [-0.25, -0.2) is 9.37 Å². The van der Waals surface area contributed by atoms with Gasteiger partial charge in [-0.15, -0.1) is 0 Å². The van der Waals surface area contributed by atoms with Crippen molar-refractivity contribution < 1.29 is 9.18 Å². The molecule has 0 atom stereocenters. The number of rotatable bonds is 2. The molecule has 1 heterocycles. The number of nitrogens with zero attached hydrogens (tertiary/aromatic N) is 1. The summed E-state index contributed by atoms with van der Waals surface area (Å²) in [4.78, 5) is 15.7. The molecule has 0 saturated heterocycles. The smallest absolute Gasteiger partial charge is 0.257 e. The lowest BCUT2D eigenvalue weighted by molar-refractivity contribution is 0.102. The first-order valence-corrected chi connectivity index (χ1v) is 6.59. The lowest BCUT2D eigenvalue weighted by Gasteiger charge is -2.08. The minimum atomic E-state index is -0.560. The van der Waals surface area contributed by atoms with Crippen molar-refractivity contribution in [2.24, 2.45) is 0 Å². The molecule has 0 aliphatic rings. The average Bonchev–Trinajstić information content (AvgIpc) is 2.35. The first-order chi connectivity index (χ1) is 8.97. The van der Waals surface area contributed by atoms with Crippen LogP contribution in [-0.4, -0.2) is 10.9 Å². The van der Waals surface area contributed by atoms with Crippen molar-refractivity contribution in [3.63, 3.8) is 0 Å². The third kappa shape index (κ3) is 3.43. The molecule has 19 heavy (non-hydrogen) atoms. The number of amides is 1. The van der Waals surface area contributed by atoms with E-state index in [1.165, 1.54) is 24.4 Å². The summed E-state index contributed by atoms with van der Waals surface area (Å²) in [6.07, 6.45) is 1.26. The Labute approximate surface area is 126 Å². The summed E-state index contributed by atoms with van der Waals surface area (Å²) >= 11 is 14.7. The first-order valence-electron chi connectivity index (χ1n) is 5.05. The molecule has 1 amide bonds. The van der Waals surface area contributed by atoms with Crippen molar-refractivity contribution in [3.8, 4) is 0 Å². The largest absolute Gasteiger partial charge is 0.319 e. The quantitative estimate of drug-likeness (QED) is 0.795. The Hall–Kier alpha value is -1.17. The molecule has 0 aliphatic heterocycles. The normalized spacial score (nSPS) is 10.3. The molecule has 7 heteroatoms. The summed E-state index contributed by atoms with van der Waals surface area (Å²) in [5.41, 5.74) is 0.182. The molecule has 2 rings (SSSR count). The second-order valence-electron chi connectivity index (χ2n) is 3.57. The van der Waals surface area contributed by atoms with Crippen LogP contribution >= 0.6 is 39.1 Å². The molecule has 1 N–H and O–H groups in total. The van der Waals surface area contributed by atoms with E-state index < -0.39 is 11.7 Å². The summed E-state index contributed by atoms with van der Waals surface area (Å²) in [5, 5.41) is 2.68. The molecule has 0 aliphatic carbocycles. The summed E-state index contributed by atoms with van der Waals surface area (Å²) in [5.74, 6) is -1.12. The maximum atomic E-state index is 13.6. The molecule has 0 radical (unpaired) electrons. The SMILES string of the molecule is O=C(Nc1ccc(Br)cc1F)c1cc(Cl)ncc1Cl. The number of benzene rings is 1. The lowest BCUT2D eigenvalue weighted by Crippen LogP contribution is -2.13. The lowest BCUT2D eigenvalue weighted by atomic mass is 10.2. The Morgan fingerprint density at radius 2 is 2.05 bits per heavy atom. The van der Waals surface area contributed by atoms with E-state index >= 15 is 0 Å². The Morgan fingerprint density at radius 3 is 2.74 bits per heavy atom. The molecule has 0 spiro atoms. The highest BCUT2D eigenvalue weighted by molar-refractivity contribution is 9.10. The number of halogens is 4. The molecule has 1 aromatic carbocycles. The van der Waals surface area contributed by atoms with Crippen LogP contribution in [0.4, 0.5) is 10.1 Å². The molecule has 1 aromatic heterocycles. The maximum absolute atomic E-state index is 13.6. The molecule has 0 saturated carbocycles. The third-order valence-electron chi connectivity index (χ3n) is 2.25. The van der Waals surface area contributed by atoms with Gasteiger partial charge in [0.25, 0.3) is 5.91 Å². The third-order valence-corrected chi connectivity index (χ3v) is 3.25. The maximum Gasteiger partial charge on any atom is 0.257 e. The summed E-state index contributed by atoms with van der Waals surface area (Å²) in [7, 11) is 0. The molecular formula is C12H6BrCl2FN2O. The summed E-state index contributed by atoms with van der Waals surface area (Å²) < 4.78 is 14.2.